The van der Waals surface area contributed by atoms with E-state index in [0.717, 1.165) is 38.8 Å². The van der Waals surface area contributed by atoms with Crippen molar-refractivity contribution in [1.29, 1.82) is 0 Å². The molecule has 0 radical (unpaired) electrons. The Morgan fingerprint density at radius 2 is 1.79 bits per heavy atom. The molecule has 0 saturated carbocycles. The van der Waals surface area contributed by atoms with Crippen molar-refractivity contribution in [2.24, 2.45) is 0 Å². The van der Waals surface area contributed by atoms with Gasteiger partial charge in [-0.15, -0.1) is 0 Å². The third-order valence-corrected chi connectivity index (χ3v) is 5.02. The largest absolute Gasteiger partial charge is 0.373 e. The monoisotopic (exact) mass is 330 g/mol. The van der Waals surface area contributed by atoms with Crippen LogP contribution in [0.2, 0.25) is 0 Å². The smallest absolute Gasteiger partial charge is 0.245 e. The third-order valence-electron chi connectivity index (χ3n) is 5.02. The summed E-state index contributed by atoms with van der Waals surface area (Å²) >= 11 is 0. The number of ether oxygens (including phenoxy) is 1. The van der Waals surface area contributed by atoms with Gasteiger partial charge in [0.25, 0.3) is 0 Å². The van der Waals surface area contributed by atoms with Gasteiger partial charge in [0.1, 0.15) is 6.04 Å². The number of nitrogens with zero attached hydrogens (tertiary/aromatic N) is 2. The van der Waals surface area contributed by atoms with Crippen LogP contribution in [0.3, 0.4) is 0 Å². The second kappa shape index (κ2) is 7.79. The van der Waals surface area contributed by atoms with Gasteiger partial charge >= 0.3 is 0 Å². The molecule has 24 heavy (non-hydrogen) atoms. The maximum absolute atomic E-state index is 12.7. The predicted molar refractivity (Wildman–Crippen MR) is 91.2 cm³/mol. The zero-order valence-corrected chi connectivity index (χ0v) is 14.3. The van der Waals surface area contributed by atoms with Gasteiger partial charge in [-0.05, 0) is 31.2 Å². The fourth-order valence-electron chi connectivity index (χ4n) is 3.64. The van der Waals surface area contributed by atoms with Gasteiger partial charge in [-0.2, -0.15) is 0 Å². The van der Waals surface area contributed by atoms with Crippen molar-refractivity contribution in [2.75, 3.05) is 19.6 Å². The van der Waals surface area contributed by atoms with Gasteiger partial charge in [0.05, 0.1) is 12.7 Å². The van der Waals surface area contributed by atoms with E-state index in [4.69, 9.17) is 4.74 Å². The summed E-state index contributed by atoms with van der Waals surface area (Å²) in [4.78, 5) is 28.0. The lowest BCUT2D eigenvalue weighted by molar-refractivity contribution is -0.144. The molecule has 0 bridgehead atoms. The molecule has 2 saturated heterocycles. The Labute approximate surface area is 143 Å². The molecule has 1 aromatic carbocycles. The van der Waals surface area contributed by atoms with E-state index >= 15 is 0 Å². The molecule has 0 spiro atoms. The minimum atomic E-state index is -0.246. The predicted octanol–water partition coefficient (Wildman–Crippen LogP) is 2.21. The number of hydrogen-bond donors (Lipinski definition) is 0. The Morgan fingerprint density at radius 1 is 1.08 bits per heavy atom. The molecule has 3 rings (SSSR count). The van der Waals surface area contributed by atoms with Crippen LogP contribution in [0.4, 0.5) is 0 Å². The topological polar surface area (TPSA) is 49.9 Å². The molecule has 0 unspecified atom stereocenters. The van der Waals surface area contributed by atoms with Gasteiger partial charge in [0.15, 0.2) is 0 Å². The molecule has 0 aromatic heterocycles. The van der Waals surface area contributed by atoms with Crippen LogP contribution < -0.4 is 0 Å². The van der Waals surface area contributed by atoms with E-state index in [1.54, 1.807) is 11.8 Å². The lowest BCUT2D eigenvalue weighted by atomic mass is 10.1. The fraction of sp³-hybridized carbons (Fsp3) is 0.579. The summed E-state index contributed by atoms with van der Waals surface area (Å²) in [6.45, 7) is 4.33. The van der Waals surface area contributed by atoms with Crippen molar-refractivity contribution in [3.63, 3.8) is 0 Å². The lowest BCUT2D eigenvalue weighted by Crippen LogP contribution is -2.50. The Morgan fingerprint density at radius 3 is 2.46 bits per heavy atom. The molecule has 0 aliphatic carbocycles. The normalized spacial score (nSPS) is 22.0. The van der Waals surface area contributed by atoms with Crippen molar-refractivity contribution in [1.82, 2.24) is 9.80 Å². The summed E-state index contributed by atoms with van der Waals surface area (Å²) < 4.78 is 5.98. The fourth-order valence-corrected chi connectivity index (χ4v) is 3.64. The maximum Gasteiger partial charge on any atom is 0.245 e. The summed E-state index contributed by atoms with van der Waals surface area (Å²) in [7, 11) is 0. The second-order valence-corrected chi connectivity index (χ2v) is 6.69. The van der Waals surface area contributed by atoms with Gasteiger partial charge in [-0.1, -0.05) is 30.3 Å². The molecule has 2 heterocycles. The van der Waals surface area contributed by atoms with Crippen LogP contribution in [0.25, 0.3) is 0 Å². The van der Waals surface area contributed by atoms with Gasteiger partial charge in [0.2, 0.25) is 11.8 Å². The van der Waals surface area contributed by atoms with Gasteiger partial charge in [-0.25, -0.2) is 0 Å². The molecule has 2 fully saturated rings. The van der Waals surface area contributed by atoms with Crippen molar-refractivity contribution in [3.8, 4) is 0 Å². The highest BCUT2D eigenvalue weighted by molar-refractivity contribution is 5.87. The highest BCUT2D eigenvalue weighted by atomic mass is 16.5. The lowest BCUT2D eigenvalue weighted by Gasteiger charge is -2.35. The Kier molecular flexibility index (Phi) is 5.51. The van der Waals surface area contributed by atoms with Crippen LogP contribution in [-0.2, 0) is 20.9 Å². The first-order valence-corrected chi connectivity index (χ1v) is 8.86. The molecule has 2 aliphatic heterocycles. The van der Waals surface area contributed by atoms with E-state index in [2.05, 4.69) is 12.1 Å². The third kappa shape index (κ3) is 3.96. The summed E-state index contributed by atoms with van der Waals surface area (Å²) in [5.74, 6) is 0.121. The molecule has 130 valence electrons. The van der Waals surface area contributed by atoms with Crippen molar-refractivity contribution in [3.05, 3.63) is 35.9 Å². The molecule has 2 aliphatic rings. The number of benzene rings is 1. The van der Waals surface area contributed by atoms with Crippen LogP contribution in [0.1, 0.15) is 38.2 Å². The van der Waals surface area contributed by atoms with E-state index in [-0.39, 0.29) is 24.0 Å². The molecule has 5 heteroatoms. The van der Waals surface area contributed by atoms with E-state index in [0.29, 0.717) is 13.2 Å². The molecule has 2 amide bonds. The second-order valence-electron chi connectivity index (χ2n) is 6.69. The standard InChI is InChI=1S/C19H26N2O3/c1-15(22)21-11-5-8-18(21)19(23)20-12-9-17(10-13-20)24-14-16-6-3-2-4-7-16/h2-4,6-7,17-18H,5,8-14H2,1H3/t18-/m0/s1. The number of likely N-dealkylation sites (tertiary alicyclic amines) is 2. The number of carbonyl (C=O) groups is 2. The molecule has 1 aromatic rings. The first-order valence-electron chi connectivity index (χ1n) is 8.86. The Hall–Kier alpha value is -1.88. The maximum atomic E-state index is 12.7. The number of hydrogen-bond acceptors (Lipinski definition) is 3. The van der Waals surface area contributed by atoms with E-state index in [1.165, 1.54) is 5.56 Å². The molecular weight excluding hydrogens is 304 g/mol. The quantitative estimate of drug-likeness (QED) is 0.850. The minimum absolute atomic E-state index is 0.00642. The number of amides is 2. The molecule has 1 atom stereocenters. The zero-order valence-electron chi connectivity index (χ0n) is 14.3. The van der Waals surface area contributed by atoms with E-state index < -0.39 is 0 Å². The van der Waals surface area contributed by atoms with Crippen LogP contribution in [0, 0.1) is 0 Å². The minimum Gasteiger partial charge on any atom is -0.373 e. The van der Waals surface area contributed by atoms with Crippen molar-refractivity contribution >= 4 is 11.8 Å². The van der Waals surface area contributed by atoms with Crippen LogP contribution >= 0.6 is 0 Å². The molecule has 0 N–H and O–H groups in total. The average molecular weight is 330 g/mol. The Bertz CT molecular complexity index is 567. The molecular formula is C19H26N2O3. The highest BCUT2D eigenvalue weighted by Gasteiger charge is 2.36. The van der Waals surface area contributed by atoms with Gasteiger partial charge in [0, 0.05) is 26.6 Å². The first kappa shape index (κ1) is 17.0. The van der Waals surface area contributed by atoms with Crippen molar-refractivity contribution in [2.45, 2.75) is 51.4 Å². The summed E-state index contributed by atoms with van der Waals surface area (Å²) in [5, 5.41) is 0. The SMILES string of the molecule is CC(=O)N1CCC[C@H]1C(=O)N1CCC(OCc2ccccc2)CC1. The summed E-state index contributed by atoms with van der Waals surface area (Å²) in [5.41, 5.74) is 1.18. The summed E-state index contributed by atoms with van der Waals surface area (Å²) in [6, 6.07) is 9.92. The van der Waals surface area contributed by atoms with Gasteiger partial charge < -0.3 is 14.5 Å². The number of carbonyl (C=O) groups excluding carboxylic acids is 2. The summed E-state index contributed by atoms with van der Waals surface area (Å²) in [6.07, 6.45) is 3.66. The van der Waals surface area contributed by atoms with Gasteiger partial charge in [-0.3, -0.25) is 9.59 Å². The molecule has 5 nitrogen and oxygen atoms in total. The highest BCUT2D eigenvalue weighted by Crippen LogP contribution is 2.22. The van der Waals surface area contributed by atoms with Crippen LogP contribution in [-0.4, -0.2) is 53.4 Å². The van der Waals surface area contributed by atoms with Crippen LogP contribution in [0.5, 0.6) is 0 Å². The van der Waals surface area contributed by atoms with Crippen molar-refractivity contribution < 1.29 is 14.3 Å². The average Bonchev–Trinajstić information content (AvgIpc) is 3.11. The first-order chi connectivity index (χ1) is 11.6. The Balaban J connectivity index is 1.46. The van der Waals surface area contributed by atoms with E-state index in [1.807, 2.05) is 23.1 Å². The zero-order chi connectivity index (χ0) is 16.9. The van der Waals surface area contributed by atoms with Crippen LogP contribution in [0.15, 0.2) is 30.3 Å². The number of rotatable bonds is 4. The number of piperidine rings is 1. The van der Waals surface area contributed by atoms with E-state index in [9.17, 15) is 9.59 Å².